The number of fused-ring (bicyclic) bond motifs is 5. The van der Waals surface area contributed by atoms with E-state index in [1.807, 2.05) is 0 Å². The van der Waals surface area contributed by atoms with Crippen molar-refractivity contribution < 1.29 is 9.90 Å². The van der Waals surface area contributed by atoms with E-state index in [4.69, 9.17) is 5.11 Å². The molecule has 2 heteroatoms. The third kappa shape index (κ3) is 0.569. The van der Waals surface area contributed by atoms with Gasteiger partial charge in [-0.05, 0) is 42.9 Å². The molecule has 1 unspecified atom stereocenters. The molecule has 1 N–H and O–H groups in total. The molecule has 3 saturated carbocycles. The second-order valence-corrected chi connectivity index (χ2v) is 4.35. The van der Waals surface area contributed by atoms with Crippen LogP contribution in [-0.4, -0.2) is 11.1 Å². The predicted octanol–water partition coefficient (Wildman–Crippen LogP) is 1.36. The summed E-state index contributed by atoms with van der Waals surface area (Å²) in [7, 11) is 0. The van der Waals surface area contributed by atoms with Crippen molar-refractivity contribution in [3.8, 4) is 0 Å². The normalized spacial score (nSPS) is 57.6. The van der Waals surface area contributed by atoms with Gasteiger partial charge in [0.1, 0.15) is 0 Å². The molecule has 0 aromatic rings. The summed E-state index contributed by atoms with van der Waals surface area (Å²) in [5, 5.41) is 8.82. The van der Waals surface area contributed by atoms with Gasteiger partial charge in [0.2, 0.25) is 0 Å². The summed E-state index contributed by atoms with van der Waals surface area (Å²) in [5.41, 5.74) is 0. The zero-order chi connectivity index (χ0) is 7.59. The molecule has 0 spiro atoms. The van der Waals surface area contributed by atoms with E-state index >= 15 is 0 Å². The van der Waals surface area contributed by atoms with Crippen LogP contribution >= 0.6 is 0 Å². The van der Waals surface area contributed by atoms with Crippen LogP contribution < -0.4 is 0 Å². The van der Waals surface area contributed by atoms with Crippen LogP contribution in [0.4, 0.5) is 0 Å². The van der Waals surface area contributed by atoms with Gasteiger partial charge in [-0.25, -0.2) is 0 Å². The molecule has 2 nitrogen and oxygen atoms in total. The minimum atomic E-state index is -0.531. The third-order valence-corrected chi connectivity index (χ3v) is 4.02. The van der Waals surface area contributed by atoms with Crippen molar-refractivity contribution >= 4 is 5.97 Å². The highest BCUT2D eigenvalue weighted by atomic mass is 16.4. The van der Waals surface area contributed by atoms with Gasteiger partial charge >= 0.3 is 5.97 Å². The second-order valence-electron chi connectivity index (χ2n) is 4.35. The SMILES string of the molecule is O=C(O)C1[C@@H]2[C@H]3CC[C@@H](C3)[C@H]12. The van der Waals surface area contributed by atoms with Gasteiger partial charge in [-0.15, -0.1) is 0 Å². The number of rotatable bonds is 1. The quantitative estimate of drug-likeness (QED) is 0.616. The first-order valence-corrected chi connectivity index (χ1v) is 4.52. The Morgan fingerprint density at radius 1 is 1.18 bits per heavy atom. The van der Waals surface area contributed by atoms with Crippen LogP contribution in [0.2, 0.25) is 0 Å². The predicted molar refractivity (Wildman–Crippen MR) is 38.9 cm³/mol. The number of hydrogen-bond donors (Lipinski definition) is 1. The van der Waals surface area contributed by atoms with Crippen molar-refractivity contribution in [2.24, 2.45) is 29.6 Å². The molecular formula is C9H12O2. The molecule has 3 aliphatic carbocycles. The lowest BCUT2D eigenvalue weighted by Crippen LogP contribution is -2.07. The van der Waals surface area contributed by atoms with Crippen LogP contribution in [0.5, 0.6) is 0 Å². The van der Waals surface area contributed by atoms with E-state index in [1.54, 1.807) is 0 Å². The lowest BCUT2D eigenvalue weighted by atomic mass is 10.0. The van der Waals surface area contributed by atoms with Crippen molar-refractivity contribution in [2.75, 3.05) is 0 Å². The number of carboxylic acid groups (broad SMARTS) is 1. The molecule has 3 rings (SSSR count). The number of carbonyl (C=O) groups is 1. The molecule has 0 aliphatic heterocycles. The summed E-state index contributed by atoms with van der Waals surface area (Å²) in [6.45, 7) is 0. The Labute approximate surface area is 65.6 Å². The topological polar surface area (TPSA) is 37.3 Å². The molecule has 0 saturated heterocycles. The molecule has 5 atom stereocenters. The Balaban J connectivity index is 1.86. The standard InChI is InChI=1S/C9H12O2/c10-9(11)8-6-4-1-2-5(3-4)7(6)8/h4-8H,1-3H2,(H,10,11)/t4-,5-,6-,7+,8?/m0/s1. The molecule has 11 heavy (non-hydrogen) atoms. The summed E-state index contributed by atoms with van der Waals surface area (Å²) >= 11 is 0. The zero-order valence-corrected chi connectivity index (χ0v) is 6.36. The molecule has 3 aliphatic rings. The van der Waals surface area contributed by atoms with Crippen molar-refractivity contribution in [2.45, 2.75) is 19.3 Å². The van der Waals surface area contributed by atoms with Gasteiger partial charge in [0, 0.05) is 0 Å². The van der Waals surface area contributed by atoms with E-state index in [0.717, 1.165) is 11.8 Å². The van der Waals surface area contributed by atoms with E-state index in [0.29, 0.717) is 11.8 Å². The van der Waals surface area contributed by atoms with E-state index in [2.05, 4.69) is 0 Å². The maximum absolute atomic E-state index is 10.7. The fraction of sp³-hybridized carbons (Fsp3) is 0.889. The Morgan fingerprint density at radius 2 is 1.73 bits per heavy atom. The summed E-state index contributed by atoms with van der Waals surface area (Å²) in [6, 6.07) is 0. The first kappa shape index (κ1) is 6.04. The average molecular weight is 152 g/mol. The Kier molecular flexibility index (Phi) is 0.890. The highest BCUT2D eigenvalue weighted by Gasteiger charge is 2.67. The second kappa shape index (κ2) is 1.62. The van der Waals surface area contributed by atoms with Gasteiger partial charge in [-0.1, -0.05) is 0 Å². The fourth-order valence-electron chi connectivity index (χ4n) is 3.66. The lowest BCUT2D eigenvalue weighted by Gasteiger charge is -2.04. The van der Waals surface area contributed by atoms with E-state index in [9.17, 15) is 4.79 Å². The summed E-state index contributed by atoms with van der Waals surface area (Å²) in [6.07, 6.45) is 3.98. The van der Waals surface area contributed by atoms with Gasteiger partial charge in [-0.3, -0.25) is 4.79 Å². The van der Waals surface area contributed by atoms with Crippen LogP contribution in [-0.2, 0) is 4.79 Å². The van der Waals surface area contributed by atoms with Crippen molar-refractivity contribution in [3.05, 3.63) is 0 Å². The Bertz CT molecular complexity index is 208. The van der Waals surface area contributed by atoms with Gasteiger partial charge in [0.25, 0.3) is 0 Å². The zero-order valence-electron chi connectivity index (χ0n) is 6.36. The van der Waals surface area contributed by atoms with Crippen LogP contribution in [0, 0.1) is 29.6 Å². The molecule has 60 valence electrons. The Morgan fingerprint density at radius 3 is 2.18 bits per heavy atom. The molecular weight excluding hydrogens is 140 g/mol. The van der Waals surface area contributed by atoms with Gasteiger partial charge in [-0.2, -0.15) is 0 Å². The minimum Gasteiger partial charge on any atom is -0.481 e. The van der Waals surface area contributed by atoms with Crippen molar-refractivity contribution in [1.29, 1.82) is 0 Å². The van der Waals surface area contributed by atoms with Crippen LogP contribution in [0.1, 0.15) is 19.3 Å². The van der Waals surface area contributed by atoms with Gasteiger partial charge < -0.3 is 5.11 Å². The van der Waals surface area contributed by atoms with Gasteiger partial charge in [0.15, 0.2) is 0 Å². The van der Waals surface area contributed by atoms with Crippen molar-refractivity contribution in [1.82, 2.24) is 0 Å². The van der Waals surface area contributed by atoms with E-state index < -0.39 is 5.97 Å². The first-order chi connectivity index (χ1) is 5.29. The monoisotopic (exact) mass is 152 g/mol. The molecule has 2 bridgehead atoms. The van der Waals surface area contributed by atoms with Gasteiger partial charge in [0.05, 0.1) is 5.92 Å². The molecule has 0 heterocycles. The van der Waals surface area contributed by atoms with Crippen molar-refractivity contribution in [3.63, 3.8) is 0 Å². The molecule has 0 amide bonds. The highest BCUT2D eigenvalue weighted by Crippen LogP contribution is 2.69. The fourth-order valence-corrected chi connectivity index (χ4v) is 3.66. The summed E-state index contributed by atoms with van der Waals surface area (Å²) < 4.78 is 0. The van der Waals surface area contributed by atoms with E-state index in [-0.39, 0.29) is 5.92 Å². The molecule has 0 aromatic carbocycles. The Hall–Kier alpha value is -0.530. The van der Waals surface area contributed by atoms with E-state index in [1.165, 1.54) is 19.3 Å². The largest absolute Gasteiger partial charge is 0.481 e. The summed E-state index contributed by atoms with van der Waals surface area (Å²) in [4.78, 5) is 10.7. The van der Waals surface area contributed by atoms with Crippen LogP contribution in [0.15, 0.2) is 0 Å². The molecule has 3 fully saturated rings. The minimum absolute atomic E-state index is 0.0706. The third-order valence-electron chi connectivity index (χ3n) is 4.02. The summed E-state index contributed by atoms with van der Waals surface area (Å²) in [5.74, 6) is 2.34. The molecule has 0 radical (unpaired) electrons. The lowest BCUT2D eigenvalue weighted by molar-refractivity contribution is -0.139. The first-order valence-electron chi connectivity index (χ1n) is 4.52. The number of hydrogen-bond acceptors (Lipinski definition) is 1. The maximum Gasteiger partial charge on any atom is 0.307 e. The maximum atomic E-state index is 10.7. The number of carboxylic acids is 1. The average Bonchev–Trinajstić information content (AvgIpc) is 2.44. The molecule has 0 aromatic heterocycles. The van der Waals surface area contributed by atoms with Crippen LogP contribution in [0.25, 0.3) is 0 Å². The van der Waals surface area contributed by atoms with Crippen LogP contribution in [0.3, 0.4) is 0 Å². The smallest absolute Gasteiger partial charge is 0.307 e. The number of aliphatic carboxylic acids is 1. The highest BCUT2D eigenvalue weighted by molar-refractivity contribution is 5.75.